The first-order valence-corrected chi connectivity index (χ1v) is 8.86. The van der Waals surface area contributed by atoms with Crippen LogP contribution in [0.2, 0.25) is 0 Å². The highest BCUT2D eigenvalue weighted by Gasteiger charge is 2.13. The van der Waals surface area contributed by atoms with Gasteiger partial charge in [-0.15, -0.1) is 11.6 Å². The Bertz CT molecular complexity index is 616. The second-order valence-electron chi connectivity index (χ2n) is 4.41. The third-order valence-electron chi connectivity index (χ3n) is 3.08. The van der Waals surface area contributed by atoms with Crippen LogP contribution in [0, 0.1) is 0 Å². The molecule has 2 rings (SSSR count). The largest absolute Gasteiger partial charge is 0.312 e. The van der Waals surface area contributed by atoms with E-state index in [1.54, 1.807) is 12.5 Å². The highest BCUT2D eigenvalue weighted by atomic mass is 79.9. The van der Waals surface area contributed by atoms with Crippen LogP contribution in [-0.4, -0.2) is 30.2 Å². The van der Waals surface area contributed by atoms with Gasteiger partial charge in [0.15, 0.2) is 5.65 Å². The molecule has 0 N–H and O–H groups in total. The molecule has 0 bridgehead atoms. The van der Waals surface area contributed by atoms with Crippen molar-refractivity contribution in [1.29, 1.82) is 0 Å². The average molecular weight is 365 g/mol. The molecule has 2 aromatic rings. The van der Waals surface area contributed by atoms with Crippen molar-refractivity contribution in [1.82, 2.24) is 14.5 Å². The van der Waals surface area contributed by atoms with Gasteiger partial charge in [-0.25, -0.2) is 9.97 Å². The van der Waals surface area contributed by atoms with Gasteiger partial charge in [0.2, 0.25) is 0 Å². The number of hydrogen-bond acceptors (Lipinski definition) is 3. The van der Waals surface area contributed by atoms with Crippen LogP contribution >= 0.6 is 27.5 Å². The summed E-state index contributed by atoms with van der Waals surface area (Å²) in [4.78, 5) is 8.87. The van der Waals surface area contributed by atoms with E-state index in [1.165, 1.54) is 0 Å². The lowest BCUT2D eigenvalue weighted by molar-refractivity contribution is 0.614. The Morgan fingerprint density at radius 1 is 1.58 bits per heavy atom. The number of alkyl halides is 1. The Labute approximate surface area is 128 Å². The van der Waals surface area contributed by atoms with Gasteiger partial charge >= 0.3 is 0 Å². The predicted octanol–water partition coefficient (Wildman–Crippen LogP) is 3.09. The lowest BCUT2D eigenvalue weighted by atomic mass is 10.3. The Hall–Kier alpha value is -0.460. The summed E-state index contributed by atoms with van der Waals surface area (Å²) in [6, 6.07) is 1.93. The van der Waals surface area contributed by atoms with Gasteiger partial charge in [-0.2, -0.15) is 0 Å². The maximum atomic E-state index is 11.4. The number of pyridine rings is 1. The number of rotatable bonds is 5. The molecule has 0 aliphatic carbocycles. The van der Waals surface area contributed by atoms with E-state index in [1.807, 2.05) is 17.6 Å². The van der Waals surface area contributed by atoms with Gasteiger partial charge < -0.3 is 4.57 Å². The zero-order chi connectivity index (χ0) is 14.0. The van der Waals surface area contributed by atoms with Crippen LogP contribution in [0.4, 0.5) is 0 Å². The van der Waals surface area contributed by atoms with Gasteiger partial charge in [-0.05, 0) is 28.4 Å². The first-order valence-electron chi connectivity index (χ1n) is 5.91. The predicted molar refractivity (Wildman–Crippen MR) is 82.9 cm³/mol. The molecule has 0 spiro atoms. The third-order valence-corrected chi connectivity index (χ3v) is 5.12. The highest BCUT2D eigenvalue weighted by molar-refractivity contribution is 9.10. The van der Waals surface area contributed by atoms with Crippen molar-refractivity contribution in [3.63, 3.8) is 0 Å². The quantitative estimate of drug-likeness (QED) is 0.766. The molecule has 0 aromatic carbocycles. The van der Waals surface area contributed by atoms with Crippen molar-refractivity contribution in [2.75, 3.05) is 6.26 Å². The van der Waals surface area contributed by atoms with Gasteiger partial charge in [0.25, 0.3) is 0 Å². The number of hydrogen-bond donors (Lipinski definition) is 0. The van der Waals surface area contributed by atoms with Crippen LogP contribution in [0.3, 0.4) is 0 Å². The van der Waals surface area contributed by atoms with Crippen LogP contribution in [0.5, 0.6) is 0 Å². The molecule has 2 heterocycles. The molecule has 4 nitrogen and oxygen atoms in total. The minimum Gasteiger partial charge on any atom is -0.312 e. The molecule has 2 atom stereocenters. The summed E-state index contributed by atoms with van der Waals surface area (Å²) < 4.78 is 14.3. The monoisotopic (exact) mass is 363 g/mol. The first kappa shape index (κ1) is 14.9. The molecule has 0 aliphatic rings. The third kappa shape index (κ3) is 3.35. The van der Waals surface area contributed by atoms with E-state index in [0.29, 0.717) is 5.88 Å². The number of imidazole rings is 1. The molecule has 7 heteroatoms. The topological polar surface area (TPSA) is 47.8 Å². The van der Waals surface area contributed by atoms with Crippen molar-refractivity contribution >= 4 is 49.5 Å². The van der Waals surface area contributed by atoms with Crippen molar-refractivity contribution in [2.45, 2.75) is 31.0 Å². The van der Waals surface area contributed by atoms with Crippen LogP contribution in [0.15, 0.2) is 16.7 Å². The van der Waals surface area contributed by atoms with Crippen molar-refractivity contribution in [3.8, 4) is 0 Å². The van der Waals surface area contributed by atoms with Crippen LogP contribution in [-0.2, 0) is 23.2 Å². The summed E-state index contributed by atoms with van der Waals surface area (Å²) in [5, 5.41) is 0.149. The fourth-order valence-electron chi connectivity index (χ4n) is 1.85. The second kappa shape index (κ2) is 6.33. The van der Waals surface area contributed by atoms with E-state index in [-0.39, 0.29) is 5.25 Å². The van der Waals surface area contributed by atoms with Crippen molar-refractivity contribution in [2.24, 2.45) is 0 Å². The molecule has 19 heavy (non-hydrogen) atoms. The molecule has 0 radical (unpaired) electrons. The molecule has 2 unspecified atom stereocenters. The molecule has 0 amide bonds. The minimum absolute atomic E-state index is 0.149. The molecule has 2 aromatic heterocycles. The lowest BCUT2D eigenvalue weighted by Crippen LogP contribution is -2.14. The van der Waals surface area contributed by atoms with E-state index in [2.05, 4.69) is 25.9 Å². The zero-order valence-electron chi connectivity index (χ0n) is 10.8. The van der Waals surface area contributed by atoms with Crippen LogP contribution < -0.4 is 0 Å². The van der Waals surface area contributed by atoms with Crippen molar-refractivity contribution in [3.05, 3.63) is 22.6 Å². The zero-order valence-corrected chi connectivity index (χ0v) is 13.9. The summed E-state index contributed by atoms with van der Waals surface area (Å²) in [7, 11) is -0.812. The summed E-state index contributed by atoms with van der Waals surface area (Å²) in [5.74, 6) is 1.15. The SMILES string of the molecule is CC(CCn1c(CCl)nc2cc(Br)cnc21)S(C)=O. The molecule has 0 saturated carbocycles. The number of aromatic nitrogens is 3. The maximum absolute atomic E-state index is 11.4. The Morgan fingerprint density at radius 2 is 2.32 bits per heavy atom. The smallest absolute Gasteiger partial charge is 0.160 e. The standard InChI is InChI=1S/C12H15BrClN3OS/c1-8(19(2)18)3-4-17-11(6-14)16-10-5-9(13)7-15-12(10)17/h5,7-8H,3-4,6H2,1-2H3. The molecule has 0 fully saturated rings. The minimum atomic E-state index is -0.812. The molecular formula is C12H15BrClN3OS. The second-order valence-corrected chi connectivity index (χ2v) is 7.39. The maximum Gasteiger partial charge on any atom is 0.160 e. The molecular weight excluding hydrogens is 350 g/mol. The van der Waals surface area contributed by atoms with Crippen LogP contribution in [0.25, 0.3) is 11.2 Å². The molecule has 0 saturated heterocycles. The van der Waals surface area contributed by atoms with Gasteiger partial charge in [0.1, 0.15) is 11.3 Å². The normalized spacial score (nSPS) is 14.7. The van der Waals surface area contributed by atoms with E-state index < -0.39 is 10.8 Å². The number of halogens is 2. The summed E-state index contributed by atoms with van der Waals surface area (Å²) in [5.41, 5.74) is 1.66. The Kier molecular flexibility index (Phi) is 4.97. The number of fused-ring (bicyclic) bond motifs is 1. The van der Waals surface area contributed by atoms with Gasteiger partial charge in [-0.3, -0.25) is 4.21 Å². The fraction of sp³-hybridized carbons (Fsp3) is 0.500. The lowest BCUT2D eigenvalue weighted by Gasteiger charge is -2.10. The van der Waals surface area contributed by atoms with Crippen molar-refractivity contribution < 1.29 is 4.21 Å². The van der Waals surface area contributed by atoms with E-state index in [4.69, 9.17) is 11.6 Å². The number of aryl methyl sites for hydroxylation is 1. The van der Waals surface area contributed by atoms with Gasteiger partial charge in [0, 0.05) is 39.5 Å². The van der Waals surface area contributed by atoms with Gasteiger partial charge in [-0.1, -0.05) is 6.92 Å². The Balaban J connectivity index is 2.32. The Morgan fingerprint density at radius 3 is 2.95 bits per heavy atom. The van der Waals surface area contributed by atoms with Gasteiger partial charge in [0.05, 0.1) is 5.88 Å². The average Bonchev–Trinajstić information content (AvgIpc) is 2.72. The fourth-order valence-corrected chi connectivity index (χ4v) is 2.81. The van der Waals surface area contributed by atoms with Crippen LogP contribution in [0.1, 0.15) is 19.2 Å². The summed E-state index contributed by atoms with van der Waals surface area (Å²) in [6.07, 6.45) is 4.30. The number of nitrogens with zero attached hydrogens (tertiary/aromatic N) is 3. The first-order chi connectivity index (χ1) is 9.02. The van der Waals surface area contributed by atoms with E-state index in [0.717, 1.165) is 34.4 Å². The molecule has 0 aliphatic heterocycles. The highest BCUT2D eigenvalue weighted by Crippen LogP contribution is 2.20. The molecule has 104 valence electrons. The summed E-state index contributed by atoms with van der Waals surface area (Å²) in [6.45, 7) is 2.72. The van der Waals surface area contributed by atoms with E-state index >= 15 is 0 Å². The summed E-state index contributed by atoms with van der Waals surface area (Å²) >= 11 is 9.32. The van der Waals surface area contributed by atoms with E-state index in [9.17, 15) is 4.21 Å².